The fourth-order valence-corrected chi connectivity index (χ4v) is 5.62. The molecule has 3 aliphatic rings. The smallest absolute Gasteiger partial charge is 0.283 e. The van der Waals surface area contributed by atoms with E-state index in [-0.39, 0.29) is 17.9 Å². The second-order valence-corrected chi connectivity index (χ2v) is 10.1. The average Bonchev–Trinajstić information content (AvgIpc) is 2.73. The minimum atomic E-state index is -0.288. The molecule has 0 aromatic carbocycles. The molecule has 3 aliphatic carbocycles. The minimum absolute atomic E-state index is 0.0407. The molecule has 3 fully saturated rings. The van der Waals surface area contributed by atoms with Crippen LogP contribution in [0.4, 0.5) is 5.69 Å². The molecule has 160 valence electrons. The number of hydrogen-bond acceptors (Lipinski definition) is 6. The first-order chi connectivity index (χ1) is 14.3. The van der Waals surface area contributed by atoms with E-state index in [0.29, 0.717) is 46.3 Å². The molecule has 4 atom stereocenters. The molecule has 2 heterocycles. The van der Waals surface area contributed by atoms with Crippen molar-refractivity contribution >= 4 is 27.4 Å². The van der Waals surface area contributed by atoms with E-state index in [4.69, 9.17) is 0 Å². The van der Waals surface area contributed by atoms with Crippen molar-refractivity contribution in [3.8, 4) is 0 Å². The number of anilines is 1. The van der Waals surface area contributed by atoms with Gasteiger partial charge in [-0.1, -0.05) is 20.8 Å². The molecule has 0 aliphatic heterocycles. The predicted octanol–water partition coefficient (Wildman–Crippen LogP) is 3.48. The number of carbonyl (C=O) groups is 1. The lowest BCUT2D eigenvalue weighted by Gasteiger charge is -2.62. The highest BCUT2D eigenvalue weighted by molar-refractivity contribution is 9.10. The number of nitrogens with zero attached hydrogens (tertiary/aromatic N) is 4. The second kappa shape index (κ2) is 8.21. The molecule has 30 heavy (non-hydrogen) atoms. The molecule has 0 spiro atoms. The molecular formula is C22H28BrN5O2. The fraction of sp³-hybridized carbons (Fsp3) is 0.591. The highest BCUT2D eigenvalue weighted by atomic mass is 79.9. The van der Waals surface area contributed by atoms with E-state index >= 15 is 0 Å². The van der Waals surface area contributed by atoms with Gasteiger partial charge in [-0.2, -0.15) is 5.10 Å². The first kappa shape index (κ1) is 21.2. The van der Waals surface area contributed by atoms with Gasteiger partial charge in [0.2, 0.25) is 0 Å². The quantitative estimate of drug-likeness (QED) is 0.661. The van der Waals surface area contributed by atoms with Crippen LogP contribution in [0.2, 0.25) is 0 Å². The van der Waals surface area contributed by atoms with Crippen molar-refractivity contribution in [2.75, 3.05) is 5.32 Å². The molecule has 1 N–H and O–H groups in total. The third kappa shape index (κ3) is 3.94. The summed E-state index contributed by atoms with van der Waals surface area (Å²) in [6.07, 6.45) is 8.02. The Morgan fingerprint density at radius 1 is 1.37 bits per heavy atom. The van der Waals surface area contributed by atoms with Crippen molar-refractivity contribution in [1.29, 1.82) is 0 Å². The minimum Gasteiger partial charge on any atom is -0.380 e. The molecule has 2 aromatic rings. The monoisotopic (exact) mass is 473 g/mol. The number of Topliss-reactive ketones (excluding diaryl/α,β-unsaturated/α-hetero) is 1. The zero-order chi connectivity index (χ0) is 21.5. The first-order valence-electron chi connectivity index (χ1n) is 10.6. The third-order valence-electron chi connectivity index (χ3n) is 7.31. The summed E-state index contributed by atoms with van der Waals surface area (Å²) < 4.78 is 1.66. The zero-order valence-corrected chi connectivity index (χ0v) is 19.2. The number of ketones is 1. The van der Waals surface area contributed by atoms with Crippen LogP contribution in [0.1, 0.15) is 45.7 Å². The van der Waals surface area contributed by atoms with Crippen LogP contribution in [0.15, 0.2) is 34.1 Å². The Balaban J connectivity index is 1.39. The maximum absolute atomic E-state index is 12.7. The summed E-state index contributed by atoms with van der Waals surface area (Å²) >= 11 is 3.43. The molecular weight excluding hydrogens is 446 g/mol. The highest BCUT2D eigenvalue weighted by Crippen LogP contribution is 2.61. The van der Waals surface area contributed by atoms with Crippen LogP contribution in [-0.2, 0) is 17.8 Å². The second-order valence-electron chi connectivity index (χ2n) is 9.28. The predicted molar refractivity (Wildman–Crippen MR) is 118 cm³/mol. The largest absolute Gasteiger partial charge is 0.380 e. The van der Waals surface area contributed by atoms with Crippen molar-refractivity contribution in [3.05, 3.63) is 45.3 Å². The van der Waals surface area contributed by atoms with Crippen molar-refractivity contribution < 1.29 is 4.79 Å². The van der Waals surface area contributed by atoms with E-state index in [1.165, 1.54) is 17.4 Å². The van der Waals surface area contributed by atoms with E-state index in [9.17, 15) is 9.59 Å². The summed E-state index contributed by atoms with van der Waals surface area (Å²) in [6, 6.07) is 2.12. The number of carbonyl (C=O) groups excluding carboxylic acids is 1. The Kier molecular flexibility index (Phi) is 5.79. The standard InChI is InChI=1S/C22H28BrN5O2/c1-13-17-8-14(22(17,2)3)9-18(13)27-19-10-26-28(21(30)20(19)23)11-16(29)5-4-15-6-7-24-12-25-15/h6-7,10,12-14,17-18,27H,4-5,8-9,11H2,1-3H3/t13-,14+,17-,18-/m1/s1. The Hall–Kier alpha value is -2.09. The number of rotatable bonds is 7. The maximum atomic E-state index is 12.7. The van der Waals surface area contributed by atoms with Gasteiger partial charge in [-0.05, 0) is 64.4 Å². The molecule has 8 heteroatoms. The van der Waals surface area contributed by atoms with Gasteiger partial charge in [-0.3, -0.25) is 9.59 Å². The van der Waals surface area contributed by atoms with Crippen LogP contribution in [-0.4, -0.2) is 31.6 Å². The Labute approximate surface area is 184 Å². The van der Waals surface area contributed by atoms with Crippen molar-refractivity contribution in [2.45, 2.75) is 59.0 Å². The molecule has 7 nitrogen and oxygen atoms in total. The van der Waals surface area contributed by atoms with Gasteiger partial charge >= 0.3 is 0 Å². The summed E-state index contributed by atoms with van der Waals surface area (Å²) in [5.41, 5.74) is 1.65. The average molecular weight is 474 g/mol. The Bertz CT molecular complexity index is 991. The summed E-state index contributed by atoms with van der Waals surface area (Å²) in [5, 5.41) is 7.79. The molecule has 0 amide bonds. The van der Waals surface area contributed by atoms with Gasteiger partial charge < -0.3 is 5.32 Å². The van der Waals surface area contributed by atoms with Crippen LogP contribution >= 0.6 is 15.9 Å². The Morgan fingerprint density at radius 2 is 2.17 bits per heavy atom. The lowest BCUT2D eigenvalue weighted by Crippen LogP contribution is -2.58. The summed E-state index contributed by atoms with van der Waals surface area (Å²) in [4.78, 5) is 33.0. The van der Waals surface area contributed by atoms with Gasteiger partial charge in [0.15, 0.2) is 5.78 Å². The normalized spacial score (nSPS) is 26.7. The SMILES string of the molecule is C[C@@H]1[C@H]2C[C@@H](C[C@H]1Nc1cnn(CC(=O)CCc3ccncn3)c(=O)c1Br)C2(C)C. The maximum Gasteiger partial charge on any atom is 0.283 e. The molecule has 0 unspecified atom stereocenters. The van der Waals surface area contributed by atoms with E-state index in [0.717, 1.165) is 18.0 Å². The Morgan fingerprint density at radius 3 is 2.83 bits per heavy atom. The van der Waals surface area contributed by atoms with Crippen molar-refractivity contribution in [1.82, 2.24) is 19.7 Å². The van der Waals surface area contributed by atoms with Crippen molar-refractivity contribution in [2.24, 2.45) is 23.2 Å². The molecule has 3 saturated carbocycles. The summed E-state index contributed by atoms with van der Waals surface area (Å²) in [6.45, 7) is 7.01. The summed E-state index contributed by atoms with van der Waals surface area (Å²) in [7, 11) is 0. The van der Waals surface area contributed by atoms with Gasteiger partial charge in [0.05, 0.1) is 11.9 Å². The van der Waals surface area contributed by atoms with Crippen LogP contribution in [0, 0.1) is 23.2 Å². The van der Waals surface area contributed by atoms with Crippen molar-refractivity contribution in [3.63, 3.8) is 0 Å². The van der Waals surface area contributed by atoms with Crippen LogP contribution in [0.3, 0.4) is 0 Å². The molecule has 2 aromatic heterocycles. The highest BCUT2D eigenvalue weighted by Gasteiger charge is 2.56. The number of fused-ring (bicyclic) bond motifs is 2. The van der Waals surface area contributed by atoms with Crippen LogP contribution < -0.4 is 10.9 Å². The number of aromatic nitrogens is 4. The zero-order valence-electron chi connectivity index (χ0n) is 17.6. The topological polar surface area (TPSA) is 89.8 Å². The fourth-order valence-electron chi connectivity index (χ4n) is 5.20. The number of aryl methyl sites for hydroxylation is 1. The molecule has 5 rings (SSSR count). The van der Waals surface area contributed by atoms with Gasteiger partial charge in [0.25, 0.3) is 5.56 Å². The van der Waals surface area contributed by atoms with E-state index in [2.05, 4.69) is 57.1 Å². The van der Waals surface area contributed by atoms with E-state index < -0.39 is 0 Å². The first-order valence-corrected chi connectivity index (χ1v) is 11.4. The van der Waals surface area contributed by atoms with E-state index in [1.807, 2.05) is 0 Å². The number of halogens is 1. The third-order valence-corrected chi connectivity index (χ3v) is 8.08. The van der Waals surface area contributed by atoms with Crippen LogP contribution in [0.25, 0.3) is 0 Å². The number of nitrogens with one attached hydrogen (secondary N) is 1. The van der Waals surface area contributed by atoms with Gasteiger partial charge in [0, 0.05) is 24.4 Å². The number of hydrogen-bond donors (Lipinski definition) is 1. The van der Waals surface area contributed by atoms with Gasteiger partial charge in [-0.25, -0.2) is 14.6 Å². The molecule has 2 bridgehead atoms. The van der Waals surface area contributed by atoms with Gasteiger partial charge in [-0.15, -0.1) is 0 Å². The lowest BCUT2D eigenvalue weighted by atomic mass is 9.45. The van der Waals surface area contributed by atoms with E-state index in [1.54, 1.807) is 18.5 Å². The van der Waals surface area contributed by atoms with Crippen LogP contribution in [0.5, 0.6) is 0 Å². The molecule has 0 saturated heterocycles. The molecule has 0 radical (unpaired) electrons. The lowest BCUT2D eigenvalue weighted by molar-refractivity contribution is -0.119. The van der Waals surface area contributed by atoms with Gasteiger partial charge in [0.1, 0.15) is 17.3 Å². The summed E-state index contributed by atoms with van der Waals surface area (Å²) in [5.74, 6) is 1.94.